The van der Waals surface area contributed by atoms with Crippen LogP contribution in [0, 0.1) is 26.7 Å². The maximum absolute atomic E-state index is 5.99. The Morgan fingerprint density at radius 3 is 2.46 bits per heavy atom. The smallest absolute Gasteiger partial charge is 0.225 e. The molecular formula is C17H22BrN5O. The van der Waals surface area contributed by atoms with Gasteiger partial charge in [-0.1, -0.05) is 0 Å². The fraction of sp³-hybridized carbons (Fsp3) is 0.529. The average Bonchev–Trinajstić information content (AvgIpc) is 2.58. The molecule has 1 fully saturated rings. The van der Waals surface area contributed by atoms with E-state index in [1.807, 2.05) is 20.8 Å². The first kappa shape index (κ1) is 17.1. The number of hydrogen-bond donors (Lipinski definition) is 0. The first-order valence-corrected chi connectivity index (χ1v) is 8.99. The molecular weight excluding hydrogens is 370 g/mol. The summed E-state index contributed by atoms with van der Waals surface area (Å²) in [6.07, 6.45) is 5.73. The number of anilines is 1. The van der Waals surface area contributed by atoms with Gasteiger partial charge in [-0.15, -0.1) is 0 Å². The number of aryl methyl sites for hydroxylation is 2. The van der Waals surface area contributed by atoms with E-state index in [9.17, 15) is 0 Å². The summed E-state index contributed by atoms with van der Waals surface area (Å²) in [5.74, 6) is 2.82. The number of aromatic nitrogens is 4. The zero-order valence-corrected chi connectivity index (χ0v) is 15.9. The molecule has 7 heteroatoms. The molecule has 128 valence electrons. The molecule has 3 rings (SSSR count). The molecule has 0 N–H and O–H groups in total. The van der Waals surface area contributed by atoms with Crippen LogP contribution in [-0.2, 0) is 0 Å². The average molecular weight is 392 g/mol. The van der Waals surface area contributed by atoms with E-state index in [0.717, 1.165) is 59.3 Å². The van der Waals surface area contributed by atoms with Crippen LogP contribution < -0.4 is 9.64 Å². The highest BCUT2D eigenvalue weighted by Crippen LogP contribution is 2.23. The molecule has 2 aromatic heterocycles. The van der Waals surface area contributed by atoms with E-state index in [2.05, 4.69) is 40.8 Å². The van der Waals surface area contributed by atoms with Gasteiger partial charge < -0.3 is 9.64 Å². The highest BCUT2D eigenvalue weighted by atomic mass is 79.9. The fourth-order valence-corrected chi connectivity index (χ4v) is 3.05. The lowest BCUT2D eigenvalue weighted by molar-refractivity contribution is 0.213. The summed E-state index contributed by atoms with van der Waals surface area (Å²) < 4.78 is 6.89. The third kappa shape index (κ3) is 4.01. The summed E-state index contributed by atoms with van der Waals surface area (Å²) in [6.45, 7) is 8.51. The Balaban J connectivity index is 1.53. The number of halogens is 1. The van der Waals surface area contributed by atoms with Crippen molar-refractivity contribution in [1.29, 1.82) is 0 Å². The van der Waals surface area contributed by atoms with E-state index in [4.69, 9.17) is 4.74 Å². The van der Waals surface area contributed by atoms with Crippen LogP contribution in [-0.4, -0.2) is 39.6 Å². The van der Waals surface area contributed by atoms with Gasteiger partial charge in [0.05, 0.1) is 11.1 Å². The standard InChI is InChI=1S/C17H22BrN5O/c1-11-12(2)21-13(3)22-16(11)24-10-14-4-6-23(7-5-14)17-19-8-15(18)9-20-17/h8-9,14H,4-7,10H2,1-3H3. The molecule has 0 atom stereocenters. The minimum atomic E-state index is 0.534. The molecule has 1 aliphatic rings. The maximum Gasteiger partial charge on any atom is 0.225 e. The Bertz CT molecular complexity index is 699. The topological polar surface area (TPSA) is 64.0 Å². The van der Waals surface area contributed by atoms with Crippen LogP contribution in [0.2, 0.25) is 0 Å². The molecule has 0 spiro atoms. The summed E-state index contributed by atoms with van der Waals surface area (Å²) in [5, 5.41) is 0. The molecule has 2 aromatic rings. The Morgan fingerprint density at radius 2 is 1.79 bits per heavy atom. The Labute approximate surface area is 150 Å². The molecule has 0 unspecified atom stereocenters. The van der Waals surface area contributed by atoms with E-state index in [-0.39, 0.29) is 0 Å². The normalized spacial score (nSPS) is 15.6. The van der Waals surface area contributed by atoms with Gasteiger partial charge in [-0.3, -0.25) is 0 Å². The van der Waals surface area contributed by atoms with Gasteiger partial charge in [0.15, 0.2) is 0 Å². The third-order valence-electron chi connectivity index (χ3n) is 4.42. The van der Waals surface area contributed by atoms with Crippen molar-refractivity contribution in [2.75, 3.05) is 24.6 Å². The largest absolute Gasteiger partial charge is 0.477 e. The Hall–Kier alpha value is -1.76. The van der Waals surface area contributed by atoms with Gasteiger partial charge in [-0.2, -0.15) is 4.98 Å². The van der Waals surface area contributed by atoms with Crippen LogP contribution in [0.3, 0.4) is 0 Å². The zero-order chi connectivity index (χ0) is 17.1. The van der Waals surface area contributed by atoms with Gasteiger partial charge in [0.1, 0.15) is 5.82 Å². The zero-order valence-electron chi connectivity index (χ0n) is 14.3. The summed E-state index contributed by atoms with van der Waals surface area (Å²) in [5.41, 5.74) is 2.01. The summed E-state index contributed by atoms with van der Waals surface area (Å²) in [4.78, 5) is 19.8. The number of ether oxygens (including phenoxy) is 1. The van der Waals surface area contributed by atoms with Crippen LogP contribution in [0.15, 0.2) is 16.9 Å². The second-order valence-electron chi connectivity index (χ2n) is 6.23. The summed E-state index contributed by atoms with van der Waals surface area (Å²) >= 11 is 3.37. The van der Waals surface area contributed by atoms with E-state index < -0.39 is 0 Å². The first-order chi connectivity index (χ1) is 11.5. The van der Waals surface area contributed by atoms with Gasteiger partial charge in [-0.05, 0) is 55.5 Å². The molecule has 6 nitrogen and oxygen atoms in total. The minimum Gasteiger partial charge on any atom is -0.477 e. The van der Waals surface area contributed by atoms with Crippen LogP contribution in [0.25, 0.3) is 0 Å². The lowest BCUT2D eigenvalue weighted by atomic mass is 9.98. The van der Waals surface area contributed by atoms with E-state index in [1.165, 1.54) is 0 Å². The number of rotatable bonds is 4. The summed E-state index contributed by atoms with van der Waals surface area (Å²) in [6, 6.07) is 0. The maximum atomic E-state index is 5.99. The Kier molecular flexibility index (Phi) is 5.28. The molecule has 1 aliphatic heterocycles. The molecule has 24 heavy (non-hydrogen) atoms. The fourth-order valence-electron chi connectivity index (χ4n) is 2.84. The number of hydrogen-bond acceptors (Lipinski definition) is 6. The van der Waals surface area contributed by atoms with Crippen molar-refractivity contribution in [2.45, 2.75) is 33.6 Å². The lowest BCUT2D eigenvalue weighted by Gasteiger charge is -2.31. The van der Waals surface area contributed by atoms with Crippen LogP contribution in [0.5, 0.6) is 5.88 Å². The predicted octanol–water partition coefficient (Wildman–Crippen LogP) is 3.25. The van der Waals surface area contributed by atoms with Crippen molar-refractivity contribution in [1.82, 2.24) is 19.9 Å². The second kappa shape index (κ2) is 7.42. The molecule has 0 bridgehead atoms. The van der Waals surface area contributed by atoms with Gasteiger partial charge in [0.25, 0.3) is 0 Å². The third-order valence-corrected chi connectivity index (χ3v) is 4.83. The lowest BCUT2D eigenvalue weighted by Crippen LogP contribution is -2.36. The van der Waals surface area contributed by atoms with E-state index >= 15 is 0 Å². The molecule has 0 saturated carbocycles. The predicted molar refractivity (Wildman–Crippen MR) is 96.4 cm³/mol. The van der Waals surface area contributed by atoms with Crippen molar-refractivity contribution in [2.24, 2.45) is 5.92 Å². The molecule has 0 radical (unpaired) electrons. The van der Waals surface area contributed by atoms with Crippen molar-refractivity contribution < 1.29 is 4.74 Å². The van der Waals surface area contributed by atoms with Gasteiger partial charge >= 0.3 is 0 Å². The molecule has 3 heterocycles. The monoisotopic (exact) mass is 391 g/mol. The number of piperidine rings is 1. The first-order valence-electron chi connectivity index (χ1n) is 8.20. The van der Waals surface area contributed by atoms with E-state index in [0.29, 0.717) is 12.5 Å². The quantitative estimate of drug-likeness (QED) is 0.796. The highest BCUT2D eigenvalue weighted by Gasteiger charge is 2.22. The summed E-state index contributed by atoms with van der Waals surface area (Å²) in [7, 11) is 0. The van der Waals surface area contributed by atoms with Crippen LogP contribution >= 0.6 is 15.9 Å². The van der Waals surface area contributed by atoms with Crippen molar-refractivity contribution in [3.05, 3.63) is 33.9 Å². The van der Waals surface area contributed by atoms with Crippen molar-refractivity contribution >= 4 is 21.9 Å². The number of nitrogens with zero attached hydrogens (tertiary/aromatic N) is 5. The van der Waals surface area contributed by atoms with Crippen LogP contribution in [0.4, 0.5) is 5.95 Å². The van der Waals surface area contributed by atoms with Crippen molar-refractivity contribution in [3.63, 3.8) is 0 Å². The minimum absolute atomic E-state index is 0.534. The molecule has 1 saturated heterocycles. The second-order valence-corrected chi connectivity index (χ2v) is 7.14. The van der Waals surface area contributed by atoms with Gasteiger partial charge in [0.2, 0.25) is 11.8 Å². The van der Waals surface area contributed by atoms with Crippen LogP contribution in [0.1, 0.15) is 29.9 Å². The molecule has 0 amide bonds. The SMILES string of the molecule is Cc1nc(C)c(C)c(OCC2CCN(c3ncc(Br)cn3)CC2)n1. The highest BCUT2D eigenvalue weighted by molar-refractivity contribution is 9.10. The van der Waals surface area contributed by atoms with Gasteiger partial charge in [0, 0.05) is 36.7 Å². The van der Waals surface area contributed by atoms with Gasteiger partial charge in [-0.25, -0.2) is 15.0 Å². The molecule has 0 aliphatic carbocycles. The Morgan fingerprint density at radius 1 is 1.12 bits per heavy atom. The van der Waals surface area contributed by atoms with E-state index in [1.54, 1.807) is 12.4 Å². The van der Waals surface area contributed by atoms with Crippen molar-refractivity contribution in [3.8, 4) is 5.88 Å². The molecule has 0 aromatic carbocycles.